The third-order valence-electron chi connectivity index (χ3n) is 4.90. The van der Waals surface area contributed by atoms with Gasteiger partial charge >= 0.3 is 6.09 Å². The maximum atomic E-state index is 12.7. The molecule has 5 heteroatoms. The van der Waals surface area contributed by atoms with Gasteiger partial charge in [0, 0.05) is 22.6 Å². The Bertz CT molecular complexity index is 971. The van der Waals surface area contributed by atoms with Gasteiger partial charge < -0.3 is 14.8 Å². The van der Waals surface area contributed by atoms with Crippen LogP contribution < -0.4 is 5.32 Å². The minimum absolute atomic E-state index is 0.147. The number of ether oxygens (including phenoxy) is 1. The molecule has 0 saturated heterocycles. The van der Waals surface area contributed by atoms with E-state index in [9.17, 15) is 9.59 Å². The molecule has 0 unspecified atom stereocenters. The molecule has 140 valence electrons. The molecule has 1 atom stereocenters. The number of halogens is 1. The van der Waals surface area contributed by atoms with Crippen LogP contribution in [-0.2, 0) is 9.53 Å². The third-order valence-corrected chi connectivity index (χ3v) is 5.15. The number of hydrogen-bond acceptors (Lipinski definition) is 3. The number of nitrogens with one attached hydrogen (secondary N) is 1. The van der Waals surface area contributed by atoms with Crippen LogP contribution in [0.2, 0.25) is 5.02 Å². The van der Waals surface area contributed by atoms with Crippen LogP contribution in [0.25, 0.3) is 11.1 Å². The molecule has 0 aliphatic heterocycles. The quantitative estimate of drug-likeness (QED) is 0.587. The van der Waals surface area contributed by atoms with Crippen LogP contribution in [-0.4, -0.2) is 12.4 Å². The fourth-order valence-electron chi connectivity index (χ4n) is 3.59. The number of carbonyl (C=O) groups excluding carboxylic acids is 2. The van der Waals surface area contributed by atoms with E-state index in [4.69, 9.17) is 16.3 Å². The Labute approximate surface area is 168 Å². The van der Waals surface area contributed by atoms with E-state index in [2.05, 4.69) is 5.32 Å². The SMILES string of the molecule is O=CC[C@H](NC(=O)OC1c2ccccc2-c2ccccc21)c1ccc(Cl)cc1. The lowest BCUT2D eigenvalue weighted by atomic mass is 10.0. The Kier molecular flexibility index (Phi) is 5.13. The molecule has 28 heavy (non-hydrogen) atoms. The summed E-state index contributed by atoms with van der Waals surface area (Å²) in [6.07, 6.45) is -0.123. The van der Waals surface area contributed by atoms with Gasteiger partial charge in [-0.3, -0.25) is 0 Å². The zero-order valence-electron chi connectivity index (χ0n) is 15.0. The highest BCUT2D eigenvalue weighted by Crippen LogP contribution is 2.45. The van der Waals surface area contributed by atoms with Crippen LogP contribution in [0.15, 0.2) is 72.8 Å². The lowest BCUT2D eigenvalue weighted by Crippen LogP contribution is -2.30. The van der Waals surface area contributed by atoms with Crippen molar-refractivity contribution >= 4 is 24.0 Å². The summed E-state index contributed by atoms with van der Waals surface area (Å²) in [5, 5.41) is 3.40. The summed E-state index contributed by atoms with van der Waals surface area (Å²) in [5.41, 5.74) is 4.84. The molecule has 0 heterocycles. The number of alkyl carbamates (subject to hydrolysis) is 1. The van der Waals surface area contributed by atoms with Crippen molar-refractivity contribution < 1.29 is 14.3 Å². The van der Waals surface area contributed by atoms with E-state index in [-0.39, 0.29) is 6.42 Å². The summed E-state index contributed by atoms with van der Waals surface area (Å²) in [6.45, 7) is 0. The van der Waals surface area contributed by atoms with Crippen LogP contribution in [0, 0.1) is 0 Å². The van der Waals surface area contributed by atoms with E-state index < -0.39 is 18.2 Å². The Hall–Kier alpha value is -3.11. The average molecular weight is 392 g/mol. The fraction of sp³-hybridized carbons (Fsp3) is 0.130. The number of hydrogen-bond donors (Lipinski definition) is 1. The smallest absolute Gasteiger partial charge is 0.408 e. The number of fused-ring (bicyclic) bond motifs is 3. The first-order chi connectivity index (χ1) is 13.7. The van der Waals surface area contributed by atoms with Gasteiger partial charge in [-0.25, -0.2) is 4.79 Å². The van der Waals surface area contributed by atoms with Crippen LogP contribution in [0.5, 0.6) is 0 Å². The van der Waals surface area contributed by atoms with Crippen molar-refractivity contribution in [2.45, 2.75) is 18.6 Å². The molecule has 1 aliphatic rings. The van der Waals surface area contributed by atoms with Gasteiger partial charge in [-0.05, 0) is 28.8 Å². The van der Waals surface area contributed by atoms with Crippen molar-refractivity contribution in [3.8, 4) is 11.1 Å². The molecule has 0 bridgehead atoms. The summed E-state index contributed by atoms with van der Waals surface area (Å²) in [6, 6.07) is 22.3. The van der Waals surface area contributed by atoms with Gasteiger partial charge in [0.2, 0.25) is 0 Å². The van der Waals surface area contributed by atoms with Crippen molar-refractivity contribution in [2.75, 3.05) is 0 Å². The van der Waals surface area contributed by atoms with Gasteiger partial charge in [0.15, 0.2) is 6.10 Å². The molecule has 0 spiro atoms. The first-order valence-corrected chi connectivity index (χ1v) is 9.39. The predicted octanol–water partition coefficient (Wildman–Crippen LogP) is 5.47. The molecular formula is C23H18ClNO3. The summed E-state index contributed by atoms with van der Waals surface area (Å²) in [7, 11) is 0. The van der Waals surface area contributed by atoms with E-state index in [1.165, 1.54) is 0 Å². The largest absolute Gasteiger partial charge is 0.436 e. The summed E-state index contributed by atoms with van der Waals surface area (Å²) in [5.74, 6) is 0. The minimum atomic E-state index is -0.571. The molecule has 0 saturated carbocycles. The molecule has 1 aliphatic carbocycles. The number of benzene rings is 3. The van der Waals surface area contributed by atoms with E-state index in [1.807, 2.05) is 48.5 Å². The molecular weight excluding hydrogens is 374 g/mol. The normalized spacial score (nSPS) is 13.3. The monoisotopic (exact) mass is 391 g/mol. The summed E-state index contributed by atoms with van der Waals surface area (Å²) in [4.78, 5) is 23.8. The van der Waals surface area contributed by atoms with Gasteiger partial charge in [0.1, 0.15) is 6.29 Å². The number of carbonyl (C=O) groups is 2. The van der Waals surface area contributed by atoms with E-state index in [0.29, 0.717) is 5.02 Å². The lowest BCUT2D eigenvalue weighted by molar-refractivity contribution is -0.108. The molecule has 0 radical (unpaired) electrons. The first-order valence-electron chi connectivity index (χ1n) is 9.02. The summed E-state index contributed by atoms with van der Waals surface area (Å²) < 4.78 is 5.79. The van der Waals surface area contributed by atoms with Crippen molar-refractivity contribution in [1.82, 2.24) is 5.32 Å². The molecule has 3 aromatic rings. The van der Waals surface area contributed by atoms with Crippen molar-refractivity contribution in [3.63, 3.8) is 0 Å². The van der Waals surface area contributed by atoms with Gasteiger partial charge in [-0.15, -0.1) is 0 Å². The maximum absolute atomic E-state index is 12.7. The lowest BCUT2D eigenvalue weighted by Gasteiger charge is -2.20. The third kappa shape index (κ3) is 3.51. The predicted molar refractivity (Wildman–Crippen MR) is 108 cm³/mol. The molecule has 4 nitrogen and oxygen atoms in total. The summed E-state index contributed by atoms with van der Waals surface area (Å²) >= 11 is 5.93. The zero-order valence-corrected chi connectivity index (χ0v) is 15.7. The van der Waals surface area contributed by atoms with Crippen molar-refractivity contribution in [1.29, 1.82) is 0 Å². The zero-order chi connectivity index (χ0) is 19.5. The van der Waals surface area contributed by atoms with Gasteiger partial charge in [0.25, 0.3) is 0 Å². The van der Waals surface area contributed by atoms with Crippen molar-refractivity contribution in [3.05, 3.63) is 94.5 Å². The second kappa shape index (κ2) is 7.87. The number of amides is 1. The Morgan fingerprint density at radius 1 is 0.964 bits per heavy atom. The second-order valence-corrected chi connectivity index (χ2v) is 7.05. The van der Waals surface area contributed by atoms with E-state index in [1.54, 1.807) is 24.3 Å². The van der Waals surface area contributed by atoms with Crippen LogP contribution in [0.1, 0.15) is 35.3 Å². The van der Waals surface area contributed by atoms with Crippen LogP contribution in [0.3, 0.4) is 0 Å². The van der Waals surface area contributed by atoms with Gasteiger partial charge in [0.05, 0.1) is 6.04 Å². The Morgan fingerprint density at radius 3 is 2.11 bits per heavy atom. The molecule has 4 rings (SSSR count). The highest BCUT2D eigenvalue weighted by atomic mass is 35.5. The molecule has 0 aromatic heterocycles. The fourth-order valence-corrected chi connectivity index (χ4v) is 3.72. The maximum Gasteiger partial charge on any atom is 0.408 e. The average Bonchev–Trinajstić information content (AvgIpc) is 3.02. The molecule has 1 amide bonds. The second-order valence-electron chi connectivity index (χ2n) is 6.61. The number of rotatable bonds is 5. The topological polar surface area (TPSA) is 55.4 Å². The van der Waals surface area contributed by atoms with E-state index >= 15 is 0 Å². The van der Waals surface area contributed by atoms with Crippen LogP contribution >= 0.6 is 11.6 Å². The molecule has 0 fully saturated rings. The van der Waals surface area contributed by atoms with Gasteiger partial charge in [-0.2, -0.15) is 0 Å². The van der Waals surface area contributed by atoms with Gasteiger partial charge in [-0.1, -0.05) is 72.3 Å². The minimum Gasteiger partial charge on any atom is -0.436 e. The highest BCUT2D eigenvalue weighted by molar-refractivity contribution is 6.30. The molecule has 3 aromatic carbocycles. The van der Waals surface area contributed by atoms with E-state index in [0.717, 1.165) is 34.1 Å². The Morgan fingerprint density at radius 2 is 1.54 bits per heavy atom. The standard InChI is InChI=1S/C23H18ClNO3/c24-16-11-9-15(10-12-16)21(13-14-26)25-23(27)28-22-19-7-3-1-5-17(19)18-6-2-4-8-20(18)22/h1-12,14,21-22H,13H2,(H,25,27)/t21-/m0/s1. The molecule has 1 N–H and O–H groups in total. The highest BCUT2D eigenvalue weighted by Gasteiger charge is 2.31. The first kappa shape index (κ1) is 18.3. The Balaban J connectivity index is 1.56. The number of aldehydes is 1. The van der Waals surface area contributed by atoms with Crippen molar-refractivity contribution in [2.24, 2.45) is 0 Å². The van der Waals surface area contributed by atoms with Crippen LogP contribution in [0.4, 0.5) is 4.79 Å².